The Bertz CT molecular complexity index is 399. The second-order valence-electron chi connectivity index (χ2n) is 6.54. The first-order chi connectivity index (χ1) is 10.0. The number of fused-ring (bicyclic) bond motifs is 1. The van der Waals surface area contributed by atoms with E-state index in [1.165, 1.54) is 13.5 Å². The van der Waals surface area contributed by atoms with Gasteiger partial charge in [-0.2, -0.15) is 0 Å². The standard InChI is InChI=1S/C16H28N2O3/c1-4-10(2)14(17)15(19)18-12-8-6-5-7-11(12)9-13(18)16(20)21-3/h10-14H,4-9,17H2,1-3H3/t10-,11?,12?,13?,14-/m0/s1. The van der Waals surface area contributed by atoms with Gasteiger partial charge in [0.1, 0.15) is 6.04 Å². The third kappa shape index (κ3) is 3.07. The number of ether oxygens (including phenoxy) is 1. The molecule has 21 heavy (non-hydrogen) atoms. The van der Waals surface area contributed by atoms with Crippen LogP contribution in [-0.4, -0.2) is 42.0 Å². The maximum atomic E-state index is 12.8. The predicted octanol–water partition coefficient (Wildman–Crippen LogP) is 1.69. The lowest BCUT2D eigenvalue weighted by atomic mass is 9.84. The number of likely N-dealkylation sites (tertiary alicyclic amines) is 1. The van der Waals surface area contributed by atoms with Crippen molar-refractivity contribution in [1.29, 1.82) is 0 Å². The number of nitrogens with zero attached hydrogens (tertiary/aromatic N) is 1. The predicted molar refractivity (Wildman–Crippen MR) is 80.4 cm³/mol. The zero-order valence-electron chi connectivity index (χ0n) is 13.4. The Morgan fingerprint density at radius 2 is 2.00 bits per heavy atom. The van der Waals surface area contributed by atoms with E-state index in [2.05, 4.69) is 0 Å². The summed E-state index contributed by atoms with van der Waals surface area (Å²) in [4.78, 5) is 26.7. The minimum atomic E-state index is -0.525. The summed E-state index contributed by atoms with van der Waals surface area (Å²) in [7, 11) is 1.39. The molecule has 0 spiro atoms. The molecule has 120 valence electrons. The van der Waals surface area contributed by atoms with E-state index < -0.39 is 12.1 Å². The summed E-state index contributed by atoms with van der Waals surface area (Å²) in [6.45, 7) is 4.02. The van der Waals surface area contributed by atoms with E-state index in [-0.39, 0.29) is 23.8 Å². The van der Waals surface area contributed by atoms with Crippen LogP contribution >= 0.6 is 0 Å². The van der Waals surface area contributed by atoms with Gasteiger partial charge in [-0.1, -0.05) is 33.1 Å². The number of nitrogens with two attached hydrogens (primary N) is 1. The van der Waals surface area contributed by atoms with Gasteiger partial charge in [0.05, 0.1) is 13.2 Å². The van der Waals surface area contributed by atoms with Crippen LogP contribution in [0.1, 0.15) is 52.4 Å². The van der Waals surface area contributed by atoms with Crippen molar-refractivity contribution in [1.82, 2.24) is 4.90 Å². The Morgan fingerprint density at radius 1 is 1.33 bits per heavy atom. The van der Waals surface area contributed by atoms with Crippen molar-refractivity contribution >= 4 is 11.9 Å². The van der Waals surface area contributed by atoms with Crippen molar-refractivity contribution in [3.05, 3.63) is 0 Å². The number of methoxy groups -OCH3 is 1. The minimum Gasteiger partial charge on any atom is -0.467 e. The van der Waals surface area contributed by atoms with E-state index >= 15 is 0 Å². The van der Waals surface area contributed by atoms with Gasteiger partial charge in [-0.05, 0) is 31.1 Å². The van der Waals surface area contributed by atoms with Crippen LogP contribution in [0.4, 0.5) is 0 Å². The highest BCUT2D eigenvalue weighted by molar-refractivity contribution is 5.88. The summed E-state index contributed by atoms with van der Waals surface area (Å²) in [5, 5.41) is 0. The van der Waals surface area contributed by atoms with E-state index in [9.17, 15) is 9.59 Å². The smallest absolute Gasteiger partial charge is 0.328 e. The Labute approximate surface area is 127 Å². The lowest BCUT2D eigenvalue weighted by Gasteiger charge is -2.35. The van der Waals surface area contributed by atoms with Gasteiger partial charge in [0, 0.05) is 6.04 Å². The average molecular weight is 296 g/mol. The summed E-state index contributed by atoms with van der Waals surface area (Å²) in [6, 6.07) is -0.793. The fourth-order valence-electron chi connectivity index (χ4n) is 3.79. The molecule has 3 unspecified atom stereocenters. The number of amides is 1. The zero-order chi connectivity index (χ0) is 15.6. The molecule has 1 aliphatic heterocycles. The third-order valence-corrected chi connectivity index (χ3v) is 5.36. The highest BCUT2D eigenvalue weighted by atomic mass is 16.5. The average Bonchev–Trinajstić information content (AvgIpc) is 2.91. The lowest BCUT2D eigenvalue weighted by Crippen LogP contribution is -2.54. The highest BCUT2D eigenvalue weighted by Gasteiger charge is 2.49. The molecule has 1 heterocycles. The largest absolute Gasteiger partial charge is 0.467 e. The Hall–Kier alpha value is -1.10. The van der Waals surface area contributed by atoms with Crippen LogP contribution in [0.3, 0.4) is 0 Å². The molecular formula is C16H28N2O3. The van der Waals surface area contributed by atoms with E-state index in [4.69, 9.17) is 10.5 Å². The summed E-state index contributed by atoms with van der Waals surface area (Å²) in [6.07, 6.45) is 5.98. The third-order valence-electron chi connectivity index (χ3n) is 5.36. The molecule has 0 aromatic heterocycles. The summed E-state index contributed by atoms with van der Waals surface area (Å²) in [5.41, 5.74) is 6.13. The first-order valence-corrected chi connectivity index (χ1v) is 8.16. The molecule has 5 nitrogen and oxygen atoms in total. The normalized spacial score (nSPS) is 31.4. The summed E-state index contributed by atoms with van der Waals surface area (Å²) >= 11 is 0. The van der Waals surface area contributed by atoms with Crippen molar-refractivity contribution in [2.45, 2.75) is 70.5 Å². The monoisotopic (exact) mass is 296 g/mol. The molecule has 0 aromatic carbocycles. The van der Waals surface area contributed by atoms with E-state index in [1.807, 2.05) is 13.8 Å². The van der Waals surface area contributed by atoms with Gasteiger partial charge in [0.2, 0.25) is 5.91 Å². The van der Waals surface area contributed by atoms with Crippen molar-refractivity contribution in [2.24, 2.45) is 17.6 Å². The van der Waals surface area contributed by atoms with Crippen LogP contribution in [0.5, 0.6) is 0 Å². The molecule has 2 fully saturated rings. The number of hydrogen-bond acceptors (Lipinski definition) is 4. The molecular weight excluding hydrogens is 268 g/mol. The fraction of sp³-hybridized carbons (Fsp3) is 0.875. The van der Waals surface area contributed by atoms with E-state index in [0.717, 1.165) is 32.1 Å². The van der Waals surface area contributed by atoms with Gasteiger partial charge in [0.25, 0.3) is 0 Å². The Kier molecular flexibility index (Phi) is 5.25. The quantitative estimate of drug-likeness (QED) is 0.801. The van der Waals surface area contributed by atoms with Crippen LogP contribution in [-0.2, 0) is 14.3 Å². The molecule has 1 amide bonds. The van der Waals surface area contributed by atoms with Crippen LogP contribution in [0.2, 0.25) is 0 Å². The number of esters is 1. The maximum absolute atomic E-state index is 12.8. The van der Waals surface area contributed by atoms with Crippen LogP contribution in [0.15, 0.2) is 0 Å². The molecule has 2 rings (SSSR count). The van der Waals surface area contributed by atoms with Gasteiger partial charge < -0.3 is 15.4 Å². The SMILES string of the molecule is CC[C@H](C)[C@H](N)C(=O)N1C(C(=O)OC)CC2CCCCC21. The molecule has 0 radical (unpaired) electrons. The number of hydrogen-bond donors (Lipinski definition) is 1. The Balaban J connectivity index is 2.22. The highest BCUT2D eigenvalue weighted by Crippen LogP contribution is 2.40. The van der Waals surface area contributed by atoms with Crippen molar-refractivity contribution in [3.63, 3.8) is 0 Å². The summed E-state index contributed by atoms with van der Waals surface area (Å²) < 4.78 is 4.91. The van der Waals surface area contributed by atoms with Gasteiger partial charge >= 0.3 is 5.97 Å². The topological polar surface area (TPSA) is 72.6 Å². The van der Waals surface area contributed by atoms with Gasteiger partial charge in [-0.3, -0.25) is 4.79 Å². The van der Waals surface area contributed by atoms with Crippen molar-refractivity contribution < 1.29 is 14.3 Å². The van der Waals surface area contributed by atoms with Crippen LogP contribution in [0.25, 0.3) is 0 Å². The van der Waals surface area contributed by atoms with Crippen LogP contribution < -0.4 is 5.73 Å². The molecule has 1 aliphatic carbocycles. The van der Waals surface area contributed by atoms with Crippen LogP contribution in [0, 0.1) is 11.8 Å². The molecule has 0 bridgehead atoms. The second-order valence-corrected chi connectivity index (χ2v) is 6.54. The lowest BCUT2D eigenvalue weighted by molar-refractivity contribution is -0.153. The first-order valence-electron chi connectivity index (χ1n) is 8.16. The maximum Gasteiger partial charge on any atom is 0.328 e. The molecule has 2 N–H and O–H groups in total. The van der Waals surface area contributed by atoms with Gasteiger partial charge in [-0.15, -0.1) is 0 Å². The van der Waals surface area contributed by atoms with Crippen molar-refractivity contribution in [2.75, 3.05) is 7.11 Å². The molecule has 2 aliphatic rings. The minimum absolute atomic E-state index is 0.0749. The molecule has 5 heteroatoms. The van der Waals surface area contributed by atoms with Crippen molar-refractivity contribution in [3.8, 4) is 0 Å². The summed E-state index contributed by atoms with van der Waals surface area (Å²) in [5.74, 6) is 0.178. The van der Waals surface area contributed by atoms with E-state index in [0.29, 0.717) is 5.92 Å². The molecule has 1 saturated carbocycles. The zero-order valence-corrected chi connectivity index (χ0v) is 13.4. The molecule has 5 atom stereocenters. The number of carbonyl (C=O) groups excluding carboxylic acids is 2. The fourth-order valence-corrected chi connectivity index (χ4v) is 3.79. The second kappa shape index (κ2) is 6.77. The molecule has 1 saturated heterocycles. The Morgan fingerprint density at radius 3 is 2.62 bits per heavy atom. The molecule has 0 aromatic rings. The first kappa shape index (κ1) is 16.3. The van der Waals surface area contributed by atoms with Gasteiger partial charge in [-0.25, -0.2) is 4.79 Å². The van der Waals surface area contributed by atoms with Gasteiger partial charge in [0.15, 0.2) is 0 Å². The number of carbonyl (C=O) groups is 2. The number of rotatable bonds is 4. The van der Waals surface area contributed by atoms with E-state index in [1.54, 1.807) is 4.90 Å².